The maximum atomic E-state index is 11.7. The van der Waals surface area contributed by atoms with Gasteiger partial charge in [0.15, 0.2) is 0 Å². The first-order valence-electron chi connectivity index (χ1n) is 5.82. The van der Waals surface area contributed by atoms with E-state index in [0.29, 0.717) is 5.75 Å². The molecule has 5 nitrogen and oxygen atoms in total. The average molecular weight is 341 g/mol. The van der Waals surface area contributed by atoms with Gasteiger partial charge in [-0.15, -0.1) is 0 Å². The van der Waals surface area contributed by atoms with Crippen molar-refractivity contribution in [1.82, 2.24) is 0 Å². The molecule has 0 aliphatic rings. The second-order valence-corrected chi connectivity index (χ2v) is 4.89. The summed E-state index contributed by atoms with van der Waals surface area (Å²) in [6, 6.07) is 6.71. The Balaban J connectivity index is 2.16. The van der Waals surface area contributed by atoms with E-state index in [9.17, 15) is 4.79 Å². The predicted molar refractivity (Wildman–Crippen MR) is 75.9 cm³/mol. The lowest BCUT2D eigenvalue weighted by atomic mass is 10.2. The van der Waals surface area contributed by atoms with Gasteiger partial charge in [0, 0.05) is 16.1 Å². The highest BCUT2D eigenvalue weighted by Gasteiger charge is 2.08. The molecule has 2 rings (SSSR count). The summed E-state index contributed by atoms with van der Waals surface area (Å²) in [6.45, 7) is -0.152. The summed E-state index contributed by atoms with van der Waals surface area (Å²) in [5.74, 6) is 0.955. The number of rotatable bonds is 5. The highest BCUT2D eigenvalue weighted by molar-refractivity contribution is 9.10. The summed E-state index contributed by atoms with van der Waals surface area (Å²) in [5.41, 5.74) is 0.460. The average Bonchev–Trinajstić information content (AvgIpc) is 2.46. The second-order valence-electron chi connectivity index (χ2n) is 3.98. The van der Waals surface area contributed by atoms with Crippen LogP contribution >= 0.6 is 15.9 Å². The van der Waals surface area contributed by atoms with E-state index in [0.717, 1.165) is 10.0 Å². The molecule has 20 heavy (non-hydrogen) atoms. The zero-order chi connectivity index (χ0) is 14.5. The quantitative estimate of drug-likeness (QED) is 0.905. The molecule has 1 heterocycles. The van der Waals surface area contributed by atoms with Gasteiger partial charge in [0.1, 0.15) is 31.0 Å². The standard InChI is InChI=1S/C14H13BrO5/c1-18-13-3-2-10(15)4-9(13)7-20-14-8-19-11(6-16)5-12(14)17/h2-5,8,16H,6-7H2,1H3. The van der Waals surface area contributed by atoms with Crippen LogP contribution in [0.15, 0.2) is 44.2 Å². The largest absolute Gasteiger partial charge is 0.496 e. The van der Waals surface area contributed by atoms with E-state index in [2.05, 4.69) is 15.9 Å². The number of aliphatic hydroxyl groups excluding tert-OH is 1. The first-order chi connectivity index (χ1) is 9.63. The molecule has 0 saturated heterocycles. The van der Waals surface area contributed by atoms with Gasteiger partial charge in [-0.1, -0.05) is 15.9 Å². The molecule has 1 N–H and O–H groups in total. The van der Waals surface area contributed by atoms with Crippen LogP contribution in [-0.4, -0.2) is 12.2 Å². The zero-order valence-electron chi connectivity index (χ0n) is 10.8. The zero-order valence-corrected chi connectivity index (χ0v) is 12.3. The van der Waals surface area contributed by atoms with Crippen LogP contribution in [-0.2, 0) is 13.2 Å². The predicted octanol–water partition coefficient (Wildman–Crippen LogP) is 2.48. The molecule has 0 radical (unpaired) electrons. The van der Waals surface area contributed by atoms with Crippen molar-refractivity contribution in [2.45, 2.75) is 13.2 Å². The number of hydrogen-bond donors (Lipinski definition) is 1. The van der Waals surface area contributed by atoms with Crippen molar-refractivity contribution in [2.75, 3.05) is 7.11 Å². The van der Waals surface area contributed by atoms with Crippen molar-refractivity contribution >= 4 is 15.9 Å². The molecule has 2 aromatic rings. The van der Waals surface area contributed by atoms with Crippen LogP contribution in [0.2, 0.25) is 0 Å². The number of halogens is 1. The fourth-order valence-corrected chi connectivity index (χ4v) is 2.05. The summed E-state index contributed by atoms with van der Waals surface area (Å²) in [6.07, 6.45) is 1.19. The van der Waals surface area contributed by atoms with Crippen LogP contribution in [0.4, 0.5) is 0 Å². The van der Waals surface area contributed by atoms with E-state index >= 15 is 0 Å². The molecule has 0 aliphatic carbocycles. The number of methoxy groups -OCH3 is 1. The molecule has 1 aromatic carbocycles. The molecule has 0 fully saturated rings. The summed E-state index contributed by atoms with van der Waals surface area (Å²) in [4.78, 5) is 11.7. The number of hydrogen-bond acceptors (Lipinski definition) is 5. The highest BCUT2D eigenvalue weighted by atomic mass is 79.9. The van der Waals surface area contributed by atoms with Gasteiger partial charge >= 0.3 is 0 Å². The molecule has 0 bridgehead atoms. The Bertz CT molecular complexity index is 650. The Morgan fingerprint density at radius 2 is 2.10 bits per heavy atom. The summed E-state index contributed by atoms with van der Waals surface area (Å²) in [7, 11) is 1.57. The van der Waals surface area contributed by atoms with Crippen LogP contribution < -0.4 is 14.9 Å². The lowest BCUT2D eigenvalue weighted by Crippen LogP contribution is -2.08. The molecule has 0 atom stereocenters. The molecule has 1 aromatic heterocycles. The number of aliphatic hydroxyl groups is 1. The SMILES string of the molecule is COc1ccc(Br)cc1COc1coc(CO)cc1=O. The van der Waals surface area contributed by atoms with E-state index in [1.807, 2.05) is 12.1 Å². The Labute approximate surface area is 123 Å². The number of benzene rings is 1. The van der Waals surface area contributed by atoms with Crippen LogP contribution in [0.1, 0.15) is 11.3 Å². The van der Waals surface area contributed by atoms with Gasteiger partial charge in [-0.25, -0.2) is 0 Å². The van der Waals surface area contributed by atoms with E-state index in [4.69, 9.17) is 19.0 Å². The monoisotopic (exact) mass is 340 g/mol. The van der Waals surface area contributed by atoms with Crippen molar-refractivity contribution in [1.29, 1.82) is 0 Å². The summed E-state index contributed by atoms with van der Waals surface area (Å²) >= 11 is 3.37. The molecule has 106 valence electrons. The van der Waals surface area contributed by atoms with E-state index < -0.39 is 0 Å². The molecule has 0 saturated carbocycles. The van der Waals surface area contributed by atoms with Crippen LogP contribution in [0.5, 0.6) is 11.5 Å². The smallest absolute Gasteiger partial charge is 0.227 e. The minimum Gasteiger partial charge on any atom is -0.496 e. The molecule has 0 unspecified atom stereocenters. The van der Waals surface area contributed by atoms with Gasteiger partial charge in [0.2, 0.25) is 11.2 Å². The first kappa shape index (κ1) is 14.6. The molecule has 0 spiro atoms. The second kappa shape index (κ2) is 6.58. The van der Waals surface area contributed by atoms with Crippen molar-refractivity contribution in [2.24, 2.45) is 0 Å². The van der Waals surface area contributed by atoms with E-state index in [1.54, 1.807) is 13.2 Å². The third kappa shape index (κ3) is 3.40. The Kier molecular flexibility index (Phi) is 4.81. The third-order valence-electron chi connectivity index (χ3n) is 2.63. The Morgan fingerprint density at radius 3 is 2.75 bits per heavy atom. The van der Waals surface area contributed by atoms with E-state index in [-0.39, 0.29) is 30.2 Å². The van der Waals surface area contributed by atoms with Crippen LogP contribution in [0.25, 0.3) is 0 Å². The number of ether oxygens (including phenoxy) is 2. The lowest BCUT2D eigenvalue weighted by Gasteiger charge is -2.10. The minimum absolute atomic E-state index is 0.0872. The van der Waals surface area contributed by atoms with Gasteiger partial charge in [-0.2, -0.15) is 0 Å². The first-order valence-corrected chi connectivity index (χ1v) is 6.61. The van der Waals surface area contributed by atoms with Gasteiger partial charge in [0.05, 0.1) is 7.11 Å². The van der Waals surface area contributed by atoms with Gasteiger partial charge in [-0.3, -0.25) is 4.79 Å². The molecule has 0 amide bonds. The molecule has 6 heteroatoms. The topological polar surface area (TPSA) is 68.9 Å². The summed E-state index contributed by atoms with van der Waals surface area (Å²) in [5, 5.41) is 8.86. The normalized spacial score (nSPS) is 10.3. The fourth-order valence-electron chi connectivity index (χ4n) is 1.64. The third-order valence-corrected chi connectivity index (χ3v) is 3.13. The van der Waals surface area contributed by atoms with Gasteiger partial charge in [-0.05, 0) is 18.2 Å². The molecular weight excluding hydrogens is 328 g/mol. The van der Waals surface area contributed by atoms with Crippen molar-refractivity contribution in [3.8, 4) is 11.5 Å². The Hall–Kier alpha value is -1.79. The van der Waals surface area contributed by atoms with E-state index in [1.165, 1.54) is 12.3 Å². The highest BCUT2D eigenvalue weighted by Crippen LogP contribution is 2.24. The van der Waals surface area contributed by atoms with Gasteiger partial charge < -0.3 is 19.0 Å². The maximum Gasteiger partial charge on any atom is 0.227 e. The van der Waals surface area contributed by atoms with Gasteiger partial charge in [0.25, 0.3) is 0 Å². The maximum absolute atomic E-state index is 11.7. The van der Waals surface area contributed by atoms with Crippen molar-refractivity contribution < 1.29 is 19.0 Å². The van der Waals surface area contributed by atoms with Crippen LogP contribution in [0, 0.1) is 0 Å². The minimum atomic E-state index is -0.339. The molecular formula is C14H13BrO5. The van der Waals surface area contributed by atoms with Crippen molar-refractivity contribution in [3.05, 3.63) is 56.5 Å². The Morgan fingerprint density at radius 1 is 1.30 bits per heavy atom. The fraction of sp³-hybridized carbons (Fsp3) is 0.214. The molecule has 0 aliphatic heterocycles. The lowest BCUT2D eigenvalue weighted by molar-refractivity contribution is 0.235. The van der Waals surface area contributed by atoms with Crippen LogP contribution in [0.3, 0.4) is 0 Å². The summed E-state index contributed by atoms with van der Waals surface area (Å²) < 4.78 is 16.6. The van der Waals surface area contributed by atoms with Crippen molar-refractivity contribution in [3.63, 3.8) is 0 Å².